The predicted molar refractivity (Wildman–Crippen MR) is 134 cm³/mol. The first-order chi connectivity index (χ1) is 16.4. The molecule has 10 heteroatoms. The van der Waals surface area contributed by atoms with E-state index in [0.717, 1.165) is 43.3 Å². The topological polar surface area (TPSA) is 116 Å². The van der Waals surface area contributed by atoms with Gasteiger partial charge in [-0.2, -0.15) is 0 Å². The van der Waals surface area contributed by atoms with Gasteiger partial charge in [0, 0.05) is 50.4 Å². The molecule has 0 spiro atoms. The highest BCUT2D eigenvalue weighted by Gasteiger charge is 2.20. The zero-order chi connectivity index (χ0) is 24.1. The number of anilines is 3. The van der Waals surface area contributed by atoms with Gasteiger partial charge in [-0.25, -0.2) is 13.4 Å². The number of hydrogen-bond donors (Lipinski definition) is 4. The van der Waals surface area contributed by atoms with Gasteiger partial charge >= 0.3 is 0 Å². The van der Waals surface area contributed by atoms with E-state index in [1.807, 2.05) is 12.1 Å². The Bertz CT molecular complexity index is 1150. The fraction of sp³-hybridized carbons (Fsp3) is 0.375. The van der Waals surface area contributed by atoms with Gasteiger partial charge in [0.25, 0.3) is 10.0 Å². The van der Waals surface area contributed by atoms with E-state index in [-0.39, 0.29) is 16.6 Å². The maximum atomic E-state index is 12.8. The average Bonchev–Trinajstić information content (AvgIpc) is 2.85. The van der Waals surface area contributed by atoms with Crippen LogP contribution in [0.4, 0.5) is 17.2 Å². The molecule has 1 aliphatic carbocycles. The molecule has 1 aromatic carbocycles. The van der Waals surface area contributed by atoms with Crippen LogP contribution < -0.4 is 20.3 Å². The molecule has 4 rings (SSSR count). The number of nitrogens with zero attached hydrogens (tertiary/aromatic N) is 2. The van der Waals surface area contributed by atoms with Crippen LogP contribution in [0.3, 0.4) is 0 Å². The smallest absolute Gasteiger partial charge is 0.261 e. The molecule has 2 aromatic rings. The molecular formula is C24H31N5O4S. The van der Waals surface area contributed by atoms with Gasteiger partial charge in [0.1, 0.15) is 11.6 Å². The second-order valence-electron chi connectivity index (χ2n) is 8.47. The van der Waals surface area contributed by atoms with Crippen molar-refractivity contribution in [2.75, 3.05) is 54.8 Å². The zero-order valence-electron chi connectivity index (χ0n) is 19.4. The molecule has 1 aliphatic heterocycles. The molecule has 1 aromatic heterocycles. The lowest BCUT2D eigenvalue weighted by Gasteiger charge is -2.28. The molecule has 1 fully saturated rings. The van der Waals surface area contributed by atoms with Crippen LogP contribution >= 0.6 is 0 Å². The van der Waals surface area contributed by atoms with Gasteiger partial charge in [0.05, 0.1) is 23.9 Å². The van der Waals surface area contributed by atoms with E-state index in [0.29, 0.717) is 24.4 Å². The fourth-order valence-corrected chi connectivity index (χ4v) is 5.11. The van der Waals surface area contributed by atoms with Crippen LogP contribution in [0.25, 0.3) is 0 Å². The number of ether oxygens (including phenoxy) is 1. The second-order valence-corrected chi connectivity index (χ2v) is 10.2. The Hall–Kier alpha value is -3.24. The first-order valence-corrected chi connectivity index (χ1v) is 12.8. The van der Waals surface area contributed by atoms with Crippen LogP contribution in [0.2, 0.25) is 0 Å². The van der Waals surface area contributed by atoms with Gasteiger partial charge in [0.15, 0.2) is 5.76 Å². The normalized spacial score (nSPS) is 18.9. The summed E-state index contributed by atoms with van der Waals surface area (Å²) in [6.45, 7) is 6.02. The Morgan fingerprint density at radius 3 is 2.50 bits per heavy atom. The van der Waals surface area contributed by atoms with Crippen LogP contribution in [-0.4, -0.2) is 58.3 Å². The standard InChI is InChI=1S/C24H31N5O4S/c1-17-13-18(24(30)22(14-17)33-2)15-26-19-3-6-21(7-4-19)34(31,32)28-20-5-8-23(27-16-20)29-11-9-25-10-12-29/h3-8,13,16-17,25-26,28,30H,9-12,14-15H2,1-2H3. The van der Waals surface area contributed by atoms with Crippen LogP contribution in [0.5, 0.6) is 0 Å². The summed E-state index contributed by atoms with van der Waals surface area (Å²) in [6, 6.07) is 10.0. The van der Waals surface area contributed by atoms with E-state index in [4.69, 9.17) is 4.74 Å². The Morgan fingerprint density at radius 2 is 1.85 bits per heavy atom. The quantitative estimate of drug-likeness (QED) is 0.451. The lowest BCUT2D eigenvalue weighted by molar-refractivity contribution is 0.232. The minimum Gasteiger partial charge on any atom is -0.504 e. The summed E-state index contributed by atoms with van der Waals surface area (Å²) in [6.07, 6.45) is 4.21. The Kier molecular flexibility index (Phi) is 7.28. The minimum atomic E-state index is -3.75. The third kappa shape index (κ3) is 5.63. The Morgan fingerprint density at radius 1 is 1.15 bits per heavy atom. The van der Waals surface area contributed by atoms with Crippen molar-refractivity contribution >= 4 is 27.2 Å². The number of rotatable bonds is 8. The number of aliphatic hydroxyl groups is 1. The van der Waals surface area contributed by atoms with Crippen molar-refractivity contribution in [3.05, 3.63) is 65.8 Å². The maximum absolute atomic E-state index is 12.8. The van der Waals surface area contributed by atoms with Crippen molar-refractivity contribution in [1.29, 1.82) is 0 Å². The number of nitrogens with one attached hydrogen (secondary N) is 3. The summed E-state index contributed by atoms with van der Waals surface area (Å²) in [7, 11) is -2.19. The van der Waals surface area contributed by atoms with Crippen molar-refractivity contribution in [1.82, 2.24) is 10.3 Å². The van der Waals surface area contributed by atoms with Gasteiger partial charge in [0.2, 0.25) is 0 Å². The van der Waals surface area contributed by atoms with Crippen LogP contribution in [-0.2, 0) is 14.8 Å². The number of aliphatic hydroxyl groups excluding tert-OH is 1. The van der Waals surface area contributed by atoms with Crippen molar-refractivity contribution < 1.29 is 18.3 Å². The number of aromatic nitrogens is 1. The Labute approximate surface area is 200 Å². The van der Waals surface area contributed by atoms with E-state index in [2.05, 4.69) is 32.2 Å². The van der Waals surface area contributed by atoms with Crippen LogP contribution in [0.15, 0.2) is 70.7 Å². The lowest BCUT2D eigenvalue weighted by atomic mass is 9.95. The highest BCUT2D eigenvalue weighted by molar-refractivity contribution is 7.92. The molecule has 9 nitrogen and oxygen atoms in total. The SMILES string of the molecule is COC1=C(O)C(CNc2ccc(S(=O)(=O)Nc3ccc(N4CCNCC4)nc3)cc2)=CC(C)C1. The van der Waals surface area contributed by atoms with E-state index in [1.54, 1.807) is 37.4 Å². The Balaban J connectivity index is 1.37. The number of benzene rings is 1. The fourth-order valence-electron chi connectivity index (χ4n) is 4.06. The van der Waals surface area contributed by atoms with Crippen molar-refractivity contribution in [3.8, 4) is 0 Å². The van der Waals surface area contributed by atoms with Gasteiger partial charge in [-0.3, -0.25) is 4.72 Å². The number of piperazine rings is 1. The molecule has 2 heterocycles. The predicted octanol–water partition coefficient (Wildman–Crippen LogP) is 3.09. The lowest BCUT2D eigenvalue weighted by Crippen LogP contribution is -2.43. The van der Waals surface area contributed by atoms with Crippen molar-refractivity contribution in [3.63, 3.8) is 0 Å². The summed E-state index contributed by atoms with van der Waals surface area (Å²) < 4.78 is 33.5. The number of hydrogen-bond acceptors (Lipinski definition) is 8. The summed E-state index contributed by atoms with van der Waals surface area (Å²) >= 11 is 0. The monoisotopic (exact) mass is 485 g/mol. The molecular weight excluding hydrogens is 454 g/mol. The number of sulfonamides is 1. The molecule has 34 heavy (non-hydrogen) atoms. The van der Waals surface area contributed by atoms with Crippen molar-refractivity contribution in [2.45, 2.75) is 18.2 Å². The molecule has 0 amide bonds. The van der Waals surface area contributed by atoms with Crippen molar-refractivity contribution in [2.24, 2.45) is 5.92 Å². The van der Waals surface area contributed by atoms with E-state index in [1.165, 1.54) is 6.20 Å². The molecule has 4 N–H and O–H groups in total. The second kappa shape index (κ2) is 10.4. The summed E-state index contributed by atoms with van der Waals surface area (Å²) in [4.78, 5) is 6.72. The van der Waals surface area contributed by atoms with E-state index >= 15 is 0 Å². The molecule has 0 bridgehead atoms. The van der Waals surface area contributed by atoms with Gasteiger partial charge in [-0.15, -0.1) is 0 Å². The first kappa shape index (κ1) is 23.9. The largest absolute Gasteiger partial charge is 0.504 e. The van der Waals surface area contributed by atoms with Gasteiger partial charge in [-0.05, 0) is 42.3 Å². The first-order valence-electron chi connectivity index (χ1n) is 11.3. The average molecular weight is 486 g/mol. The molecule has 1 unspecified atom stereocenters. The molecule has 1 saturated heterocycles. The zero-order valence-corrected chi connectivity index (χ0v) is 20.2. The number of methoxy groups -OCH3 is 1. The maximum Gasteiger partial charge on any atom is 0.261 e. The van der Waals surface area contributed by atoms with Gasteiger partial charge in [-0.1, -0.05) is 13.0 Å². The van der Waals surface area contributed by atoms with Crippen LogP contribution in [0.1, 0.15) is 13.3 Å². The van der Waals surface area contributed by atoms with E-state index < -0.39 is 10.0 Å². The third-order valence-electron chi connectivity index (χ3n) is 5.90. The van der Waals surface area contributed by atoms with Gasteiger partial charge < -0.3 is 25.4 Å². The number of pyridine rings is 1. The molecule has 1 atom stereocenters. The molecule has 2 aliphatic rings. The minimum absolute atomic E-state index is 0.152. The third-order valence-corrected chi connectivity index (χ3v) is 7.29. The summed E-state index contributed by atoms with van der Waals surface area (Å²) in [5.41, 5.74) is 1.91. The highest BCUT2D eigenvalue weighted by Crippen LogP contribution is 2.28. The van der Waals surface area contributed by atoms with Crippen LogP contribution in [0, 0.1) is 5.92 Å². The van der Waals surface area contributed by atoms with E-state index in [9.17, 15) is 13.5 Å². The highest BCUT2D eigenvalue weighted by atomic mass is 32.2. The molecule has 0 saturated carbocycles. The number of allylic oxidation sites excluding steroid dienone is 2. The summed E-state index contributed by atoms with van der Waals surface area (Å²) in [5, 5.41) is 16.9. The molecule has 0 radical (unpaired) electrons. The molecule has 182 valence electrons. The summed E-state index contributed by atoms with van der Waals surface area (Å²) in [5.74, 6) is 1.84.